The molecule has 0 aliphatic rings. The van der Waals surface area contributed by atoms with Crippen molar-refractivity contribution in [3.63, 3.8) is 0 Å². The van der Waals surface area contributed by atoms with Crippen LogP contribution in [-0.2, 0) is 6.42 Å². The molecule has 0 unspecified atom stereocenters. The normalized spacial score (nSPS) is 9.53. The van der Waals surface area contributed by atoms with E-state index in [0.717, 1.165) is 16.5 Å². The maximum atomic E-state index is 3.42. The molecule has 0 amide bonds. The molecule has 2 rings (SSSR count). The van der Waals surface area contributed by atoms with Gasteiger partial charge in [0.2, 0.25) is 0 Å². The zero-order valence-corrected chi connectivity index (χ0v) is 11.3. The van der Waals surface area contributed by atoms with Crippen LogP contribution in [0, 0.1) is 18.8 Å². The van der Waals surface area contributed by atoms with Crippen molar-refractivity contribution in [2.45, 2.75) is 13.3 Å². The van der Waals surface area contributed by atoms with E-state index in [1.54, 1.807) is 0 Å². The SMILES string of the molecule is Cc1ccc(C#CCc2ccc(Br)cc2)cc1. The van der Waals surface area contributed by atoms with Crippen molar-refractivity contribution < 1.29 is 0 Å². The predicted molar refractivity (Wildman–Crippen MR) is 75.9 cm³/mol. The zero-order chi connectivity index (χ0) is 12.1. The Bertz CT molecular complexity index is 539. The topological polar surface area (TPSA) is 0 Å². The Balaban J connectivity index is 2.03. The molecule has 1 heteroatoms. The van der Waals surface area contributed by atoms with Gasteiger partial charge in [0, 0.05) is 16.5 Å². The Morgan fingerprint density at radius 1 is 0.941 bits per heavy atom. The van der Waals surface area contributed by atoms with E-state index >= 15 is 0 Å². The fourth-order valence-electron chi connectivity index (χ4n) is 1.49. The first kappa shape index (κ1) is 12.0. The molecule has 0 nitrogen and oxygen atoms in total. The second kappa shape index (κ2) is 5.70. The van der Waals surface area contributed by atoms with Crippen LogP contribution >= 0.6 is 15.9 Å². The van der Waals surface area contributed by atoms with Crippen molar-refractivity contribution in [2.24, 2.45) is 0 Å². The van der Waals surface area contributed by atoms with Crippen LogP contribution in [0.25, 0.3) is 0 Å². The highest BCUT2D eigenvalue weighted by Crippen LogP contribution is 2.10. The summed E-state index contributed by atoms with van der Waals surface area (Å²) in [5.74, 6) is 6.36. The van der Waals surface area contributed by atoms with Gasteiger partial charge >= 0.3 is 0 Å². The van der Waals surface area contributed by atoms with Gasteiger partial charge in [0.15, 0.2) is 0 Å². The summed E-state index contributed by atoms with van der Waals surface area (Å²) in [5.41, 5.74) is 3.59. The van der Waals surface area contributed by atoms with E-state index in [4.69, 9.17) is 0 Å². The van der Waals surface area contributed by atoms with Crippen molar-refractivity contribution >= 4 is 15.9 Å². The number of halogens is 1. The molecule has 2 aromatic rings. The number of rotatable bonds is 1. The lowest BCUT2D eigenvalue weighted by molar-refractivity contribution is 1.31. The van der Waals surface area contributed by atoms with Crippen LogP contribution in [0.2, 0.25) is 0 Å². The molecule has 0 aromatic heterocycles. The van der Waals surface area contributed by atoms with Crippen molar-refractivity contribution in [1.29, 1.82) is 0 Å². The molecule has 0 spiro atoms. The molecule has 2 aromatic carbocycles. The Kier molecular flexibility index (Phi) is 4.01. The molecule has 0 N–H and O–H groups in total. The lowest BCUT2D eigenvalue weighted by Crippen LogP contribution is -1.81. The number of hydrogen-bond donors (Lipinski definition) is 0. The second-order valence-corrected chi connectivity index (χ2v) is 4.89. The lowest BCUT2D eigenvalue weighted by Gasteiger charge is -1.95. The maximum absolute atomic E-state index is 3.42. The van der Waals surface area contributed by atoms with E-state index in [2.05, 4.69) is 71.1 Å². The average Bonchev–Trinajstić information content (AvgIpc) is 2.34. The first-order chi connectivity index (χ1) is 8.24. The van der Waals surface area contributed by atoms with Crippen LogP contribution in [0.3, 0.4) is 0 Å². The molecule has 0 aliphatic carbocycles. The smallest absolute Gasteiger partial charge is 0.0344 e. The summed E-state index contributed by atoms with van der Waals surface area (Å²) >= 11 is 3.42. The van der Waals surface area contributed by atoms with Crippen LogP contribution in [0.1, 0.15) is 16.7 Å². The van der Waals surface area contributed by atoms with Gasteiger partial charge in [0.1, 0.15) is 0 Å². The van der Waals surface area contributed by atoms with Crippen molar-refractivity contribution in [3.8, 4) is 11.8 Å². The van der Waals surface area contributed by atoms with E-state index < -0.39 is 0 Å². The predicted octanol–water partition coefficient (Wildman–Crippen LogP) is 4.35. The minimum Gasteiger partial charge on any atom is -0.0931 e. The molecule has 0 fully saturated rings. The first-order valence-corrected chi connectivity index (χ1v) is 6.33. The fourth-order valence-corrected chi connectivity index (χ4v) is 1.75. The van der Waals surface area contributed by atoms with E-state index in [0.29, 0.717) is 0 Å². The van der Waals surface area contributed by atoms with Crippen LogP contribution in [-0.4, -0.2) is 0 Å². The lowest BCUT2D eigenvalue weighted by atomic mass is 10.1. The standard InChI is InChI=1S/C16H13Br/c1-13-5-7-14(8-6-13)3-2-4-15-9-11-16(17)12-10-15/h5-12H,4H2,1H3. The van der Waals surface area contributed by atoms with Gasteiger partial charge in [-0.3, -0.25) is 0 Å². The molecule has 84 valence electrons. The molecule has 0 saturated carbocycles. The van der Waals surface area contributed by atoms with Gasteiger partial charge < -0.3 is 0 Å². The van der Waals surface area contributed by atoms with Crippen molar-refractivity contribution in [1.82, 2.24) is 0 Å². The minimum atomic E-state index is 0.793. The Labute approximate surface area is 111 Å². The van der Waals surface area contributed by atoms with Crippen LogP contribution in [0.15, 0.2) is 53.0 Å². The summed E-state index contributed by atoms with van der Waals surface area (Å²) in [6.45, 7) is 2.08. The van der Waals surface area contributed by atoms with Gasteiger partial charge in [-0.25, -0.2) is 0 Å². The summed E-state index contributed by atoms with van der Waals surface area (Å²) in [6.07, 6.45) is 0.793. The number of hydrogen-bond acceptors (Lipinski definition) is 0. The summed E-state index contributed by atoms with van der Waals surface area (Å²) < 4.78 is 1.10. The van der Waals surface area contributed by atoms with E-state index in [1.807, 2.05) is 12.1 Å². The molecule has 0 radical (unpaired) electrons. The highest BCUT2D eigenvalue weighted by atomic mass is 79.9. The van der Waals surface area contributed by atoms with Gasteiger partial charge in [-0.1, -0.05) is 57.6 Å². The Morgan fingerprint density at radius 3 is 2.24 bits per heavy atom. The van der Waals surface area contributed by atoms with E-state index in [1.165, 1.54) is 11.1 Å². The molecule has 0 saturated heterocycles. The summed E-state index contributed by atoms with van der Waals surface area (Å²) in [5, 5.41) is 0. The van der Waals surface area contributed by atoms with Crippen molar-refractivity contribution in [3.05, 3.63) is 69.7 Å². The summed E-state index contributed by atoms with van der Waals surface area (Å²) in [4.78, 5) is 0. The Hall–Kier alpha value is -1.52. The largest absolute Gasteiger partial charge is 0.0931 e. The fraction of sp³-hybridized carbons (Fsp3) is 0.125. The zero-order valence-electron chi connectivity index (χ0n) is 9.70. The molecule has 0 atom stereocenters. The molecule has 0 aliphatic heterocycles. The van der Waals surface area contributed by atoms with Gasteiger partial charge in [0.25, 0.3) is 0 Å². The van der Waals surface area contributed by atoms with Crippen LogP contribution in [0.5, 0.6) is 0 Å². The summed E-state index contributed by atoms with van der Waals surface area (Å²) in [7, 11) is 0. The Morgan fingerprint density at radius 2 is 1.59 bits per heavy atom. The number of benzene rings is 2. The average molecular weight is 285 g/mol. The molecule has 17 heavy (non-hydrogen) atoms. The first-order valence-electron chi connectivity index (χ1n) is 5.54. The highest BCUT2D eigenvalue weighted by Gasteiger charge is 1.90. The summed E-state index contributed by atoms with van der Waals surface area (Å²) in [6, 6.07) is 16.6. The monoisotopic (exact) mass is 284 g/mol. The van der Waals surface area contributed by atoms with Gasteiger partial charge in [-0.2, -0.15) is 0 Å². The van der Waals surface area contributed by atoms with Gasteiger partial charge in [-0.05, 0) is 36.8 Å². The van der Waals surface area contributed by atoms with Crippen molar-refractivity contribution in [2.75, 3.05) is 0 Å². The maximum Gasteiger partial charge on any atom is 0.0344 e. The molecule has 0 heterocycles. The van der Waals surface area contributed by atoms with Gasteiger partial charge in [0.05, 0.1) is 0 Å². The van der Waals surface area contributed by atoms with Crippen LogP contribution in [0.4, 0.5) is 0 Å². The van der Waals surface area contributed by atoms with Crippen LogP contribution < -0.4 is 0 Å². The highest BCUT2D eigenvalue weighted by molar-refractivity contribution is 9.10. The third-order valence-corrected chi connectivity index (χ3v) is 3.02. The molecular formula is C16H13Br. The van der Waals surface area contributed by atoms with E-state index in [-0.39, 0.29) is 0 Å². The van der Waals surface area contributed by atoms with E-state index in [9.17, 15) is 0 Å². The quantitative estimate of drug-likeness (QED) is 0.683. The molecular weight excluding hydrogens is 272 g/mol. The number of aryl methyl sites for hydroxylation is 1. The third kappa shape index (κ3) is 3.76. The molecule has 0 bridgehead atoms. The second-order valence-electron chi connectivity index (χ2n) is 3.97. The third-order valence-electron chi connectivity index (χ3n) is 2.49. The van der Waals surface area contributed by atoms with Gasteiger partial charge in [-0.15, -0.1) is 0 Å². The minimum absolute atomic E-state index is 0.793.